The Hall–Kier alpha value is -1.82. The van der Waals surface area contributed by atoms with Crippen LogP contribution in [0.4, 0.5) is 5.69 Å². The maximum Gasteiger partial charge on any atom is 0.250 e. The third kappa shape index (κ3) is 4.67. The van der Waals surface area contributed by atoms with Gasteiger partial charge in [0.2, 0.25) is 5.91 Å². The highest BCUT2D eigenvalue weighted by atomic mass is 35.5. The first-order valence-electron chi connectivity index (χ1n) is 8.62. The molecule has 3 rings (SSSR count). The molecule has 0 saturated heterocycles. The van der Waals surface area contributed by atoms with E-state index in [0.717, 1.165) is 24.8 Å². The summed E-state index contributed by atoms with van der Waals surface area (Å²) < 4.78 is 1.52. The average Bonchev–Trinajstić information content (AvgIpc) is 2.99. The lowest BCUT2D eigenvalue weighted by Gasteiger charge is -2.15. The molecule has 1 saturated carbocycles. The van der Waals surface area contributed by atoms with Gasteiger partial charge in [0.1, 0.15) is 0 Å². The molecule has 5 nitrogen and oxygen atoms in total. The molecule has 1 aromatic carbocycles. The minimum atomic E-state index is -0.160. The van der Waals surface area contributed by atoms with Gasteiger partial charge in [-0.05, 0) is 42.5 Å². The summed E-state index contributed by atoms with van der Waals surface area (Å²) in [5, 5.41) is 3.77. The molecule has 138 valence electrons. The molecular formula is C19H21Cl2N3O2. The van der Waals surface area contributed by atoms with Crippen LogP contribution >= 0.6 is 23.2 Å². The first-order valence-corrected chi connectivity index (χ1v) is 9.38. The Labute approximate surface area is 162 Å². The lowest BCUT2D eigenvalue weighted by Crippen LogP contribution is -2.28. The Morgan fingerprint density at radius 1 is 1.19 bits per heavy atom. The standard InChI is InChI=1S/C19H21Cl2N3O2/c20-15-6-4-12(8-16(15)21)10-24-11-14(5-7-19(24)26)23-18(25)9-13-2-1-3-17(13)22/h4-8,11,13,17H,1-3,9-10,22H2,(H,23,25)/t13-,17+/m0/s1. The van der Waals surface area contributed by atoms with E-state index in [1.165, 1.54) is 10.6 Å². The first-order chi connectivity index (χ1) is 12.4. The summed E-state index contributed by atoms with van der Waals surface area (Å²) in [5.41, 5.74) is 7.30. The molecule has 1 amide bonds. The third-order valence-corrected chi connectivity index (χ3v) is 5.51. The van der Waals surface area contributed by atoms with Crippen LogP contribution in [-0.2, 0) is 11.3 Å². The lowest BCUT2D eigenvalue weighted by molar-refractivity contribution is -0.117. The molecule has 7 heteroatoms. The fraction of sp³-hybridized carbons (Fsp3) is 0.368. The monoisotopic (exact) mass is 393 g/mol. The van der Waals surface area contributed by atoms with Crippen molar-refractivity contribution in [2.45, 2.75) is 38.3 Å². The smallest absolute Gasteiger partial charge is 0.250 e. The number of halogens is 2. The average molecular weight is 394 g/mol. The van der Waals surface area contributed by atoms with Gasteiger partial charge in [0.15, 0.2) is 0 Å². The van der Waals surface area contributed by atoms with Crippen molar-refractivity contribution >= 4 is 34.8 Å². The van der Waals surface area contributed by atoms with E-state index in [4.69, 9.17) is 28.9 Å². The van der Waals surface area contributed by atoms with Gasteiger partial charge in [0.25, 0.3) is 5.56 Å². The number of carbonyl (C=O) groups excluding carboxylic acids is 1. The van der Waals surface area contributed by atoms with Crippen molar-refractivity contribution in [3.8, 4) is 0 Å². The van der Waals surface area contributed by atoms with Crippen LogP contribution in [0.1, 0.15) is 31.2 Å². The topological polar surface area (TPSA) is 77.1 Å². The number of nitrogens with one attached hydrogen (secondary N) is 1. The Kier molecular flexibility index (Phi) is 6.01. The van der Waals surface area contributed by atoms with E-state index >= 15 is 0 Å². The van der Waals surface area contributed by atoms with Crippen LogP contribution < -0.4 is 16.6 Å². The molecule has 26 heavy (non-hydrogen) atoms. The molecule has 0 aliphatic heterocycles. The largest absolute Gasteiger partial charge is 0.327 e. The van der Waals surface area contributed by atoms with Crippen LogP contribution in [0.5, 0.6) is 0 Å². The number of rotatable bonds is 5. The van der Waals surface area contributed by atoms with Gasteiger partial charge in [-0.25, -0.2) is 0 Å². The Balaban J connectivity index is 1.69. The fourth-order valence-corrected chi connectivity index (χ4v) is 3.65. The van der Waals surface area contributed by atoms with Gasteiger partial charge in [-0.1, -0.05) is 35.7 Å². The molecule has 1 fully saturated rings. The van der Waals surface area contributed by atoms with E-state index in [0.29, 0.717) is 28.7 Å². The summed E-state index contributed by atoms with van der Waals surface area (Å²) in [4.78, 5) is 24.4. The number of carbonyl (C=O) groups is 1. The van der Waals surface area contributed by atoms with Gasteiger partial charge in [0, 0.05) is 24.7 Å². The van der Waals surface area contributed by atoms with Gasteiger partial charge >= 0.3 is 0 Å². The number of aromatic nitrogens is 1. The fourth-order valence-electron chi connectivity index (χ4n) is 3.33. The Bertz CT molecular complexity index is 866. The van der Waals surface area contributed by atoms with Crippen molar-refractivity contribution in [2.75, 3.05) is 5.32 Å². The first kappa shape index (κ1) is 19.0. The number of nitrogens with two attached hydrogens (primary N) is 1. The normalized spacial score (nSPS) is 19.5. The van der Waals surface area contributed by atoms with E-state index in [2.05, 4.69) is 5.32 Å². The summed E-state index contributed by atoms with van der Waals surface area (Å²) in [6, 6.07) is 8.38. The van der Waals surface area contributed by atoms with Crippen molar-refractivity contribution in [1.29, 1.82) is 0 Å². The molecule has 1 aliphatic rings. The van der Waals surface area contributed by atoms with Gasteiger partial charge in [-0.3, -0.25) is 9.59 Å². The second kappa shape index (κ2) is 8.25. The maximum absolute atomic E-state index is 12.3. The SMILES string of the molecule is N[C@@H]1CCC[C@H]1CC(=O)Nc1ccc(=O)n(Cc2ccc(Cl)c(Cl)c2)c1. The minimum Gasteiger partial charge on any atom is -0.327 e. The van der Waals surface area contributed by atoms with Crippen molar-refractivity contribution in [1.82, 2.24) is 4.57 Å². The van der Waals surface area contributed by atoms with Crippen LogP contribution in [0.25, 0.3) is 0 Å². The molecule has 0 unspecified atom stereocenters. The highest BCUT2D eigenvalue weighted by molar-refractivity contribution is 6.42. The zero-order chi connectivity index (χ0) is 18.7. The number of hydrogen-bond donors (Lipinski definition) is 2. The number of pyridine rings is 1. The molecule has 0 bridgehead atoms. The highest BCUT2D eigenvalue weighted by Gasteiger charge is 2.26. The van der Waals surface area contributed by atoms with E-state index in [1.807, 2.05) is 6.07 Å². The maximum atomic E-state index is 12.3. The molecular weight excluding hydrogens is 373 g/mol. The van der Waals surface area contributed by atoms with Crippen molar-refractivity contribution in [3.05, 3.63) is 62.5 Å². The molecule has 1 heterocycles. The second-order valence-corrected chi connectivity index (χ2v) is 7.55. The van der Waals surface area contributed by atoms with Gasteiger partial charge in [0.05, 0.1) is 22.3 Å². The molecule has 1 aliphatic carbocycles. The van der Waals surface area contributed by atoms with Crippen LogP contribution in [0.3, 0.4) is 0 Å². The predicted molar refractivity (Wildman–Crippen MR) is 105 cm³/mol. The molecule has 2 aromatic rings. The van der Waals surface area contributed by atoms with Crippen molar-refractivity contribution in [3.63, 3.8) is 0 Å². The van der Waals surface area contributed by atoms with E-state index in [1.54, 1.807) is 24.4 Å². The number of benzene rings is 1. The lowest BCUT2D eigenvalue weighted by atomic mass is 10.00. The quantitative estimate of drug-likeness (QED) is 0.813. The number of hydrogen-bond acceptors (Lipinski definition) is 3. The highest BCUT2D eigenvalue weighted by Crippen LogP contribution is 2.27. The summed E-state index contributed by atoms with van der Waals surface area (Å²) in [7, 11) is 0. The number of anilines is 1. The Morgan fingerprint density at radius 2 is 2.00 bits per heavy atom. The van der Waals surface area contributed by atoms with Crippen LogP contribution in [0.15, 0.2) is 41.3 Å². The van der Waals surface area contributed by atoms with E-state index in [-0.39, 0.29) is 23.4 Å². The second-order valence-electron chi connectivity index (χ2n) is 6.74. The van der Waals surface area contributed by atoms with Crippen LogP contribution in [-0.4, -0.2) is 16.5 Å². The summed E-state index contributed by atoms with van der Waals surface area (Å²) >= 11 is 11.9. The number of amides is 1. The van der Waals surface area contributed by atoms with Crippen molar-refractivity contribution in [2.24, 2.45) is 11.7 Å². The van der Waals surface area contributed by atoms with E-state index in [9.17, 15) is 9.59 Å². The summed E-state index contributed by atoms with van der Waals surface area (Å²) in [5.74, 6) is 0.157. The minimum absolute atomic E-state index is 0.0768. The summed E-state index contributed by atoms with van der Waals surface area (Å²) in [6.45, 7) is 0.340. The van der Waals surface area contributed by atoms with Gasteiger partial charge in [-0.15, -0.1) is 0 Å². The van der Waals surface area contributed by atoms with E-state index < -0.39 is 0 Å². The summed E-state index contributed by atoms with van der Waals surface area (Å²) in [6.07, 6.45) is 5.09. The molecule has 2 atom stereocenters. The number of nitrogens with zero attached hydrogens (tertiary/aromatic N) is 1. The van der Waals surface area contributed by atoms with Gasteiger partial charge in [-0.2, -0.15) is 0 Å². The molecule has 0 spiro atoms. The van der Waals surface area contributed by atoms with Crippen LogP contribution in [0.2, 0.25) is 10.0 Å². The molecule has 0 radical (unpaired) electrons. The van der Waals surface area contributed by atoms with Crippen LogP contribution in [0, 0.1) is 5.92 Å². The Morgan fingerprint density at radius 3 is 2.69 bits per heavy atom. The zero-order valence-corrected chi connectivity index (χ0v) is 15.8. The molecule has 1 aromatic heterocycles. The third-order valence-electron chi connectivity index (χ3n) is 4.77. The zero-order valence-electron chi connectivity index (χ0n) is 14.3. The molecule has 3 N–H and O–H groups in total. The predicted octanol–water partition coefficient (Wildman–Crippen LogP) is 3.66. The van der Waals surface area contributed by atoms with Crippen molar-refractivity contribution < 1.29 is 4.79 Å². The van der Waals surface area contributed by atoms with Gasteiger partial charge < -0.3 is 15.6 Å².